The zero-order valence-electron chi connectivity index (χ0n) is 10.2. The number of piperidine rings is 1. The van der Waals surface area contributed by atoms with Gasteiger partial charge in [-0.2, -0.15) is 0 Å². The zero-order chi connectivity index (χ0) is 12.1. The molecular weight excluding hydrogens is 240 g/mol. The fourth-order valence-corrected chi connectivity index (χ4v) is 4.02. The first-order chi connectivity index (χ1) is 8.16. The van der Waals surface area contributed by atoms with Crippen molar-refractivity contribution in [2.24, 2.45) is 0 Å². The molecule has 0 aromatic rings. The van der Waals surface area contributed by atoms with Gasteiger partial charge in [0.15, 0.2) is 0 Å². The van der Waals surface area contributed by atoms with Crippen LogP contribution in [0.5, 0.6) is 0 Å². The van der Waals surface area contributed by atoms with Crippen LogP contribution in [0.25, 0.3) is 0 Å². The first kappa shape index (κ1) is 13.3. The van der Waals surface area contributed by atoms with Gasteiger partial charge < -0.3 is 10.1 Å². The fourth-order valence-electron chi connectivity index (χ4n) is 2.43. The topological polar surface area (TPSA) is 67.4 Å². The Bertz CT molecular complexity index is 294. The number of rotatable bonds is 4. The Morgan fingerprint density at radius 1 is 1.18 bits per heavy atom. The third-order valence-corrected chi connectivity index (χ3v) is 4.87. The van der Waals surface area contributed by atoms with Gasteiger partial charge in [0, 0.05) is 12.6 Å². The molecule has 2 fully saturated rings. The molecule has 0 aliphatic carbocycles. The summed E-state index contributed by atoms with van der Waals surface area (Å²) in [5.74, 6) is 0.122. The molecule has 2 saturated heterocycles. The van der Waals surface area contributed by atoms with Crippen molar-refractivity contribution in [1.82, 2.24) is 10.0 Å². The molecule has 17 heavy (non-hydrogen) atoms. The van der Waals surface area contributed by atoms with Crippen LogP contribution in [0.2, 0.25) is 0 Å². The second-order valence-electron chi connectivity index (χ2n) is 4.91. The lowest BCUT2D eigenvalue weighted by atomic mass is 10.1. The van der Waals surface area contributed by atoms with Crippen LogP contribution in [-0.2, 0) is 14.8 Å². The van der Waals surface area contributed by atoms with E-state index in [4.69, 9.17) is 4.74 Å². The SMILES string of the molecule is O=S(=O)(CC1CCCCO1)NC1CCNCC1. The summed E-state index contributed by atoms with van der Waals surface area (Å²) in [5, 5.41) is 3.22. The smallest absolute Gasteiger partial charge is 0.214 e. The average molecular weight is 262 g/mol. The van der Waals surface area contributed by atoms with E-state index in [2.05, 4.69) is 10.0 Å². The van der Waals surface area contributed by atoms with Gasteiger partial charge in [-0.15, -0.1) is 0 Å². The highest BCUT2D eigenvalue weighted by Crippen LogP contribution is 2.14. The van der Waals surface area contributed by atoms with Crippen LogP contribution in [0.4, 0.5) is 0 Å². The van der Waals surface area contributed by atoms with Gasteiger partial charge in [-0.1, -0.05) is 0 Å². The molecule has 2 N–H and O–H groups in total. The second kappa shape index (κ2) is 6.13. The van der Waals surface area contributed by atoms with E-state index in [1.54, 1.807) is 0 Å². The molecule has 1 atom stereocenters. The Kier molecular flexibility index (Phi) is 4.78. The Morgan fingerprint density at radius 3 is 2.59 bits per heavy atom. The highest BCUT2D eigenvalue weighted by molar-refractivity contribution is 7.89. The quantitative estimate of drug-likeness (QED) is 0.761. The predicted octanol–water partition coefficient (Wildman–Crippen LogP) is 0.227. The summed E-state index contributed by atoms with van der Waals surface area (Å²) in [5.41, 5.74) is 0. The highest BCUT2D eigenvalue weighted by Gasteiger charge is 2.25. The third kappa shape index (κ3) is 4.54. The van der Waals surface area contributed by atoms with Crippen molar-refractivity contribution in [2.45, 2.75) is 44.2 Å². The fraction of sp³-hybridized carbons (Fsp3) is 1.00. The minimum atomic E-state index is -3.18. The van der Waals surface area contributed by atoms with Crippen LogP contribution in [0, 0.1) is 0 Å². The summed E-state index contributed by atoms with van der Waals surface area (Å²) in [4.78, 5) is 0. The normalized spacial score (nSPS) is 28.1. The molecule has 2 heterocycles. The standard InChI is InChI=1S/C11H22N2O3S/c14-17(15,9-11-3-1-2-8-16-11)13-10-4-6-12-7-5-10/h10-13H,1-9H2. The molecule has 2 aliphatic rings. The number of hydrogen-bond donors (Lipinski definition) is 2. The summed E-state index contributed by atoms with van der Waals surface area (Å²) in [6.07, 6.45) is 4.65. The lowest BCUT2D eigenvalue weighted by Crippen LogP contribution is -2.45. The Labute approximate surface area is 103 Å². The van der Waals surface area contributed by atoms with Crippen molar-refractivity contribution in [3.8, 4) is 0 Å². The molecule has 2 aliphatic heterocycles. The van der Waals surface area contributed by atoms with E-state index < -0.39 is 10.0 Å². The molecule has 0 amide bonds. The lowest BCUT2D eigenvalue weighted by Gasteiger charge is -2.26. The molecule has 0 aromatic heterocycles. The first-order valence-corrected chi connectivity index (χ1v) is 8.13. The van der Waals surface area contributed by atoms with Crippen LogP contribution >= 0.6 is 0 Å². The van der Waals surface area contributed by atoms with Crippen LogP contribution in [0.1, 0.15) is 32.1 Å². The van der Waals surface area contributed by atoms with Gasteiger partial charge in [0.25, 0.3) is 0 Å². The summed E-state index contributed by atoms with van der Waals surface area (Å²) in [7, 11) is -3.18. The maximum absolute atomic E-state index is 12.0. The zero-order valence-corrected chi connectivity index (χ0v) is 11.0. The van der Waals surface area contributed by atoms with E-state index >= 15 is 0 Å². The maximum Gasteiger partial charge on any atom is 0.214 e. The number of ether oxygens (including phenoxy) is 1. The van der Waals surface area contributed by atoms with E-state index in [1.165, 1.54) is 0 Å². The van der Waals surface area contributed by atoms with Crippen molar-refractivity contribution in [1.29, 1.82) is 0 Å². The van der Waals surface area contributed by atoms with Crippen molar-refractivity contribution in [2.75, 3.05) is 25.4 Å². The lowest BCUT2D eigenvalue weighted by molar-refractivity contribution is 0.0303. The number of nitrogens with one attached hydrogen (secondary N) is 2. The van der Waals surface area contributed by atoms with Gasteiger partial charge >= 0.3 is 0 Å². The molecule has 2 rings (SSSR count). The molecule has 5 nitrogen and oxygen atoms in total. The molecule has 0 radical (unpaired) electrons. The second-order valence-corrected chi connectivity index (χ2v) is 6.71. The Balaban J connectivity index is 1.80. The molecule has 6 heteroatoms. The molecule has 0 bridgehead atoms. The van der Waals surface area contributed by atoms with Crippen molar-refractivity contribution < 1.29 is 13.2 Å². The van der Waals surface area contributed by atoms with Gasteiger partial charge in [-0.3, -0.25) is 0 Å². The Hall–Kier alpha value is -0.170. The molecule has 100 valence electrons. The van der Waals surface area contributed by atoms with Crippen molar-refractivity contribution >= 4 is 10.0 Å². The number of sulfonamides is 1. The summed E-state index contributed by atoms with van der Waals surface area (Å²) in [6, 6.07) is 0.102. The minimum Gasteiger partial charge on any atom is -0.377 e. The van der Waals surface area contributed by atoms with Gasteiger partial charge in [-0.25, -0.2) is 13.1 Å². The van der Waals surface area contributed by atoms with Crippen molar-refractivity contribution in [3.63, 3.8) is 0 Å². The van der Waals surface area contributed by atoms with Gasteiger partial charge in [0.2, 0.25) is 10.0 Å². The summed E-state index contributed by atoms with van der Waals surface area (Å²) >= 11 is 0. The average Bonchev–Trinajstić information content (AvgIpc) is 2.30. The van der Waals surface area contributed by atoms with E-state index in [0.717, 1.165) is 45.2 Å². The molecular formula is C11H22N2O3S. The summed E-state index contributed by atoms with van der Waals surface area (Å²) < 4.78 is 32.2. The van der Waals surface area contributed by atoms with Crippen LogP contribution in [0.15, 0.2) is 0 Å². The van der Waals surface area contributed by atoms with E-state index in [9.17, 15) is 8.42 Å². The van der Waals surface area contributed by atoms with Crippen LogP contribution in [-0.4, -0.2) is 46.0 Å². The minimum absolute atomic E-state index is 0.102. The predicted molar refractivity (Wildman–Crippen MR) is 66.4 cm³/mol. The largest absolute Gasteiger partial charge is 0.377 e. The van der Waals surface area contributed by atoms with Crippen LogP contribution in [0.3, 0.4) is 0 Å². The first-order valence-electron chi connectivity index (χ1n) is 6.48. The monoisotopic (exact) mass is 262 g/mol. The number of hydrogen-bond acceptors (Lipinski definition) is 4. The van der Waals surface area contributed by atoms with Gasteiger partial charge in [0.1, 0.15) is 0 Å². The molecule has 0 spiro atoms. The van der Waals surface area contributed by atoms with Gasteiger partial charge in [0.05, 0.1) is 11.9 Å². The van der Waals surface area contributed by atoms with Crippen molar-refractivity contribution in [3.05, 3.63) is 0 Å². The maximum atomic E-state index is 12.0. The molecule has 0 saturated carbocycles. The van der Waals surface area contributed by atoms with Gasteiger partial charge in [-0.05, 0) is 45.2 Å². The van der Waals surface area contributed by atoms with E-state index in [0.29, 0.717) is 6.61 Å². The third-order valence-electron chi connectivity index (χ3n) is 3.36. The highest BCUT2D eigenvalue weighted by atomic mass is 32.2. The molecule has 1 unspecified atom stereocenters. The van der Waals surface area contributed by atoms with E-state index in [1.807, 2.05) is 0 Å². The summed E-state index contributed by atoms with van der Waals surface area (Å²) in [6.45, 7) is 2.49. The van der Waals surface area contributed by atoms with E-state index in [-0.39, 0.29) is 17.9 Å². The Morgan fingerprint density at radius 2 is 1.94 bits per heavy atom. The molecule has 0 aromatic carbocycles. The van der Waals surface area contributed by atoms with Crippen LogP contribution < -0.4 is 10.0 Å².